The van der Waals surface area contributed by atoms with E-state index in [9.17, 15) is 14.9 Å². The van der Waals surface area contributed by atoms with Crippen molar-refractivity contribution in [3.8, 4) is 0 Å². The van der Waals surface area contributed by atoms with Crippen LogP contribution >= 0.6 is 0 Å². The normalized spacial score (nSPS) is 11.1. The topological polar surface area (TPSA) is 69.4 Å². The van der Waals surface area contributed by atoms with Gasteiger partial charge in [0.2, 0.25) is 0 Å². The summed E-state index contributed by atoms with van der Waals surface area (Å²) < 4.78 is 5.15. The Kier molecular flexibility index (Phi) is 5.03. The highest BCUT2D eigenvalue weighted by atomic mass is 16.6. The summed E-state index contributed by atoms with van der Waals surface area (Å²) in [5.41, 5.74) is 0.0702. The number of rotatable bonds is 6. The third kappa shape index (κ3) is 2.92. The molecule has 0 saturated heterocycles. The van der Waals surface area contributed by atoms with Crippen molar-refractivity contribution in [2.45, 2.75) is 39.0 Å². The Balaban J connectivity index is 3.18. The summed E-state index contributed by atoms with van der Waals surface area (Å²) in [4.78, 5) is 22.4. The molecule has 104 valence electrons. The van der Waals surface area contributed by atoms with Gasteiger partial charge >= 0.3 is 5.97 Å². The van der Waals surface area contributed by atoms with Gasteiger partial charge in [0, 0.05) is 12.1 Å². The van der Waals surface area contributed by atoms with E-state index >= 15 is 0 Å². The van der Waals surface area contributed by atoms with Crippen molar-refractivity contribution in [3.05, 3.63) is 39.9 Å². The molecule has 1 aromatic carbocycles. The maximum atomic E-state index is 12.2. The van der Waals surface area contributed by atoms with Crippen molar-refractivity contribution in [3.63, 3.8) is 0 Å². The second-order valence-corrected chi connectivity index (χ2v) is 4.31. The first-order valence-electron chi connectivity index (χ1n) is 6.44. The highest BCUT2D eigenvalue weighted by Crippen LogP contribution is 2.34. The zero-order valence-corrected chi connectivity index (χ0v) is 11.5. The molecule has 0 unspecified atom stereocenters. The molecular weight excluding hydrogens is 246 g/mol. The molecule has 5 nitrogen and oxygen atoms in total. The number of hydrogen-bond acceptors (Lipinski definition) is 4. The van der Waals surface area contributed by atoms with Gasteiger partial charge in [0.15, 0.2) is 0 Å². The lowest BCUT2D eigenvalue weighted by Gasteiger charge is -2.29. The van der Waals surface area contributed by atoms with E-state index in [0.29, 0.717) is 19.4 Å². The molecule has 0 aliphatic carbocycles. The maximum absolute atomic E-state index is 12.2. The van der Waals surface area contributed by atoms with Crippen LogP contribution in [0.15, 0.2) is 24.3 Å². The molecule has 0 radical (unpaired) electrons. The van der Waals surface area contributed by atoms with E-state index in [-0.39, 0.29) is 11.7 Å². The minimum Gasteiger partial charge on any atom is -0.465 e. The molecule has 0 aromatic heterocycles. The van der Waals surface area contributed by atoms with Crippen LogP contribution in [0.2, 0.25) is 0 Å². The van der Waals surface area contributed by atoms with Crippen LogP contribution in [0.3, 0.4) is 0 Å². The quantitative estimate of drug-likeness (QED) is 0.450. The molecule has 0 aliphatic rings. The molecule has 0 saturated carbocycles. The van der Waals surface area contributed by atoms with Crippen LogP contribution in [0.5, 0.6) is 0 Å². The predicted octanol–water partition coefficient (Wildman–Crippen LogP) is 3.22. The number of nitrogens with zero attached hydrogens (tertiary/aromatic N) is 1. The van der Waals surface area contributed by atoms with Crippen LogP contribution in [0.25, 0.3) is 0 Å². The van der Waals surface area contributed by atoms with Gasteiger partial charge in [0.1, 0.15) is 0 Å². The molecule has 0 aliphatic heterocycles. The summed E-state index contributed by atoms with van der Waals surface area (Å²) in [6.45, 7) is 5.93. The molecule has 0 atom stereocenters. The van der Waals surface area contributed by atoms with Gasteiger partial charge in [-0.15, -0.1) is 0 Å². The smallest absolute Gasteiger partial charge is 0.316 e. The van der Waals surface area contributed by atoms with Crippen LogP contribution in [0.1, 0.15) is 39.2 Å². The maximum Gasteiger partial charge on any atom is 0.316 e. The number of ether oxygens (including phenoxy) is 1. The molecule has 0 spiro atoms. The third-order valence-electron chi connectivity index (χ3n) is 3.50. The number of hydrogen-bond donors (Lipinski definition) is 0. The second kappa shape index (κ2) is 6.31. The zero-order chi connectivity index (χ0) is 14.5. The molecule has 0 heterocycles. The molecule has 0 N–H and O–H groups in total. The number of benzene rings is 1. The average Bonchev–Trinajstić information content (AvgIpc) is 2.41. The van der Waals surface area contributed by atoms with Gasteiger partial charge in [-0.2, -0.15) is 0 Å². The lowest BCUT2D eigenvalue weighted by Crippen LogP contribution is -2.36. The van der Waals surface area contributed by atoms with Gasteiger partial charge < -0.3 is 4.74 Å². The molecule has 19 heavy (non-hydrogen) atoms. The zero-order valence-electron chi connectivity index (χ0n) is 11.5. The van der Waals surface area contributed by atoms with Crippen LogP contribution in [0.4, 0.5) is 5.69 Å². The van der Waals surface area contributed by atoms with Crippen LogP contribution in [-0.4, -0.2) is 17.5 Å². The molecule has 1 rings (SSSR count). The Hall–Kier alpha value is -1.91. The van der Waals surface area contributed by atoms with Gasteiger partial charge in [-0.25, -0.2) is 0 Å². The van der Waals surface area contributed by atoms with Crippen molar-refractivity contribution in [1.82, 2.24) is 0 Å². The van der Waals surface area contributed by atoms with Gasteiger partial charge in [0.25, 0.3) is 5.69 Å². The van der Waals surface area contributed by atoms with E-state index in [4.69, 9.17) is 4.74 Å². The molecule has 0 amide bonds. The Morgan fingerprint density at radius 1 is 1.21 bits per heavy atom. The van der Waals surface area contributed by atoms with E-state index in [2.05, 4.69) is 0 Å². The van der Waals surface area contributed by atoms with Gasteiger partial charge in [-0.05, 0) is 25.3 Å². The van der Waals surface area contributed by atoms with Gasteiger partial charge in [-0.3, -0.25) is 14.9 Å². The Morgan fingerprint density at radius 2 is 1.74 bits per heavy atom. The van der Waals surface area contributed by atoms with E-state index in [1.165, 1.54) is 12.1 Å². The van der Waals surface area contributed by atoms with Crippen molar-refractivity contribution in [1.29, 1.82) is 0 Å². The van der Waals surface area contributed by atoms with Crippen LogP contribution in [0, 0.1) is 10.1 Å². The summed E-state index contributed by atoms with van der Waals surface area (Å²) in [6, 6.07) is 6.13. The first-order valence-corrected chi connectivity index (χ1v) is 6.44. The minimum absolute atomic E-state index is 0.0220. The number of carbonyl (C=O) groups excluding carboxylic acids is 1. The van der Waals surface area contributed by atoms with E-state index < -0.39 is 10.3 Å². The van der Waals surface area contributed by atoms with Crippen molar-refractivity contribution < 1.29 is 14.5 Å². The monoisotopic (exact) mass is 265 g/mol. The predicted molar refractivity (Wildman–Crippen MR) is 72.0 cm³/mol. The number of carbonyl (C=O) groups is 1. The number of nitro benzene ring substituents is 1. The van der Waals surface area contributed by atoms with Crippen LogP contribution < -0.4 is 0 Å². The summed E-state index contributed by atoms with van der Waals surface area (Å²) in [5, 5.41) is 10.7. The third-order valence-corrected chi connectivity index (χ3v) is 3.50. The minimum atomic E-state index is -0.717. The van der Waals surface area contributed by atoms with E-state index in [0.717, 1.165) is 5.56 Å². The van der Waals surface area contributed by atoms with E-state index in [1.807, 2.05) is 13.8 Å². The molecule has 0 bridgehead atoms. The fourth-order valence-electron chi connectivity index (χ4n) is 2.24. The lowest BCUT2D eigenvalue weighted by molar-refractivity contribution is -0.384. The van der Waals surface area contributed by atoms with E-state index in [1.54, 1.807) is 19.1 Å². The highest BCUT2D eigenvalue weighted by Gasteiger charge is 2.38. The van der Waals surface area contributed by atoms with Crippen molar-refractivity contribution >= 4 is 11.7 Å². The van der Waals surface area contributed by atoms with Crippen molar-refractivity contribution in [2.24, 2.45) is 0 Å². The Bertz CT molecular complexity index is 449. The largest absolute Gasteiger partial charge is 0.465 e. The molecular formula is C14H19NO4. The Morgan fingerprint density at radius 3 is 2.11 bits per heavy atom. The molecule has 0 fully saturated rings. The number of esters is 1. The SMILES string of the molecule is CCOC(=O)C(CC)(CC)c1ccc([N+](=O)[O-])cc1. The molecule has 5 heteroatoms. The second-order valence-electron chi connectivity index (χ2n) is 4.31. The van der Waals surface area contributed by atoms with Gasteiger partial charge in [0.05, 0.1) is 16.9 Å². The number of nitro groups is 1. The summed E-state index contributed by atoms with van der Waals surface area (Å²) in [5.74, 6) is -0.270. The fourth-order valence-corrected chi connectivity index (χ4v) is 2.24. The van der Waals surface area contributed by atoms with Crippen LogP contribution in [-0.2, 0) is 14.9 Å². The average molecular weight is 265 g/mol. The highest BCUT2D eigenvalue weighted by molar-refractivity contribution is 5.83. The first-order chi connectivity index (χ1) is 9.01. The van der Waals surface area contributed by atoms with Gasteiger partial charge in [-0.1, -0.05) is 26.0 Å². The summed E-state index contributed by atoms with van der Waals surface area (Å²) in [6.07, 6.45) is 1.19. The Labute approximate surface area is 112 Å². The fraction of sp³-hybridized carbons (Fsp3) is 0.500. The molecule has 1 aromatic rings. The van der Waals surface area contributed by atoms with Crippen molar-refractivity contribution in [2.75, 3.05) is 6.61 Å². The number of non-ortho nitro benzene ring substituents is 1. The summed E-state index contributed by atoms with van der Waals surface area (Å²) in [7, 11) is 0. The summed E-state index contributed by atoms with van der Waals surface area (Å²) >= 11 is 0. The standard InChI is InChI=1S/C14H19NO4/c1-4-14(5-2,13(16)19-6-3)11-7-9-12(10-8-11)15(17)18/h7-10H,4-6H2,1-3H3. The lowest BCUT2D eigenvalue weighted by atomic mass is 9.76. The first kappa shape index (κ1) is 15.1.